The first-order valence-corrected chi connectivity index (χ1v) is 4.91. The highest BCUT2D eigenvalue weighted by Gasteiger charge is 2.09. The van der Waals surface area contributed by atoms with Crippen molar-refractivity contribution in [2.45, 2.75) is 26.2 Å². The van der Waals surface area contributed by atoms with Crippen LogP contribution in [0, 0.1) is 18.3 Å². The van der Waals surface area contributed by atoms with Crippen LogP contribution in [0.15, 0.2) is 6.20 Å². The number of nitrogens with one attached hydrogen (secondary N) is 2. The van der Waals surface area contributed by atoms with Crippen LogP contribution in [-0.4, -0.2) is 22.6 Å². The molecular weight excluding hydrogens is 192 g/mol. The van der Waals surface area contributed by atoms with Gasteiger partial charge in [0.1, 0.15) is 0 Å². The van der Waals surface area contributed by atoms with E-state index in [2.05, 4.69) is 21.6 Å². The zero-order valence-corrected chi connectivity index (χ0v) is 8.71. The predicted molar refractivity (Wildman–Crippen MR) is 55.1 cm³/mol. The van der Waals surface area contributed by atoms with Crippen LogP contribution >= 0.6 is 0 Å². The molecule has 15 heavy (non-hydrogen) atoms. The smallest absolute Gasteiger partial charge is 0.254 e. The van der Waals surface area contributed by atoms with Gasteiger partial charge in [0.05, 0.1) is 17.8 Å². The van der Waals surface area contributed by atoms with Crippen molar-refractivity contribution in [2.24, 2.45) is 0 Å². The molecule has 2 N–H and O–H groups in total. The summed E-state index contributed by atoms with van der Waals surface area (Å²) in [5, 5.41) is 17.6. The summed E-state index contributed by atoms with van der Waals surface area (Å²) in [4.78, 5) is 11.5. The summed E-state index contributed by atoms with van der Waals surface area (Å²) in [6.07, 6.45) is 3.71. The Kier molecular flexibility index (Phi) is 4.35. The van der Waals surface area contributed by atoms with E-state index < -0.39 is 0 Å². The van der Waals surface area contributed by atoms with Crippen molar-refractivity contribution in [2.75, 3.05) is 6.54 Å². The van der Waals surface area contributed by atoms with Gasteiger partial charge in [-0.3, -0.25) is 9.89 Å². The maximum Gasteiger partial charge on any atom is 0.254 e. The molecule has 0 radical (unpaired) electrons. The number of hydrogen-bond donors (Lipinski definition) is 2. The molecule has 1 aromatic heterocycles. The monoisotopic (exact) mass is 206 g/mol. The van der Waals surface area contributed by atoms with E-state index >= 15 is 0 Å². The average Bonchev–Trinajstić information content (AvgIpc) is 2.64. The molecule has 0 aliphatic rings. The number of aromatic nitrogens is 2. The number of hydrogen-bond acceptors (Lipinski definition) is 3. The van der Waals surface area contributed by atoms with E-state index in [0.717, 1.165) is 18.5 Å². The van der Waals surface area contributed by atoms with Gasteiger partial charge in [0, 0.05) is 18.7 Å². The van der Waals surface area contributed by atoms with Crippen molar-refractivity contribution in [3.05, 3.63) is 17.5 Å². The largest absolute Gasteiger partial charge is 0.352 e. The van der Waals surface area contributed by atoms with Gasteiger partial charge in [-0.2, -0.15) is 10.4 Å². The van der Waals surface area contributed by atoms with Crippen molar-refractivity contribution < 1.29 is 4.79 Å². The maximum absolute atomic E-state index is 11.5. The van der Waals surface area contributed by atoms with Crippen LogP contribution in [0.25, 0.3) is 0 Å². The number of H-pyrrole nitrogens is 1. The van der Waals surface area contributed by atoms with E-state index in [1.54, 1.807) is 6.92 Å². The Bertz CT molecular complexity index is 364. The average molecular weight is 206 g/mol. The van der Waals surface area contributed by atoms with Gasteiger partial charge in [-0.15, -0.1) is 0 Å². The molecule has 0 aliphatic carbocycles. The van der Waals surface area contributed by atoms with E-state index in [9.17, 15) is 4.79 Å². The number of rotatable bonds is 5. The van der Waals surface area contributed by atoms with Crippen LogP contribution in [0.2, 0.25) is 0 Å². The summed E-state index contributed by atoms with van der Waals surface area (Å²) < 4.78 is 0. The van der Waals surface area contributed by atoms with Gasteiger partial charge >= 0.3 is 0 Å². The van der Waals surface area contributed by atoms with Gasteiger partial charge in [0.15, 0.2) is 0 Å². The quantitative estimate of drug-likeness (QED) is 0.709. The molecule has 0 aromatic carbocycles. The Morgan fingerprint density at radius 3 is 3.07 bits per heavy atom. The van der Waals surface area contributed by atoms with Gasteiger partial charge in [-0.25, -0.2) is 0 Å². The van der Waals surface area contributed by atoms with Crippen molar-refractivity contribution in [3.8, 4) is 6.07 Å². The lowest BCUT2D eigenvalue weighted by Crippen LogP contribution is -2.24. The summed E-state index contributed by atoms with van der Waals surface area (Å²) >= 11 is 0. The molecule has 0 spiro atoms. The van der Waals surface area contributed by atoms with Crippen LogP contribution in [-0.2, 0) is 0 Å². The Balaban J connectivity index is 2.26. The number of amides is 1. The zero-order valence-electron chi connectivity index (χ0n) is 8.71. The van der Waals surface area contributed by atoms with Crippen LogP contribution in [0.3, 0.4) is 0 Å². The second-order valence-corrected chi connectivity index (χ2v) is 3.28. The number of nitrogens with zero attached hydrogens (tertiary/aromatic N) is 2. The predicted octanol–water partition coefficient (Wildman–Crippen LogP) is 1.14. The lowest BCUT2D eigenvalue weighted by molar-refractivity contribution is 0.0952. The Hall–Kier alpha value is -1.83. The van der Waals surface area contributed by atoms with Gasteiger partial charge in [-0.1, -0.05) is 0 Å². The number of unbranched alkanes of at least 4 members (excludes halogenated alkanes) is 2. The fourth-order valence-corrected chi connectivity index (χ4v) is 1.21. The van der Waals surface area contributed by atoms with Crippen LogP contribution in [0.4, 0.5) is 0 Å². The summed E-state index contributed by atoms with van der Waals surface area (Å²) in [5.74, 6) is -0.113. The Morgan fingerprint density at radius 2 is 2.47 bits per heavy atom. The standard InChI is InChI=1S/C10H14N4O/c1-8-9(7-13-14-8)10(15)12-6-4-2-3-5-11/h7H,2-4,6H2,1H3,(H,12,15)(H,13,14). The summed E-state index contributed by atoms with van der Waals surface area (Å²) in [7, 11) is 0. The molecule has 0 atom stereocenters. The highest BCUT2D eigenvalue weighted by Crippen LogP contribution is 2.01. The third-order valence-electron chi connectivity index (χ3n) is 2.08. The van der Waals surface area contributed by atoms with Gasteiger partial charge in [0.25, 0.3) is 5.91 Å². The van der Waals surface area contributed by atoms with Gasteiger partial charge in [-0.05, 0) is 19.8 Å². The lowest BCUT2D eigenvalue weighted by atomic mass is 10.2. The topological polar surface area (TPSA) is 81.6 Å². The highest BCUT2D eigenvalue weighted by atomic mass is 16.1. The second kappa shape index (κ2) is 5.81. The lowest BCUT2D eigenvalue weighted by Gasteiger charge is -2.02. The molecule has 1 aromatic rings. The minimum absolute atomic E-state index is 0.113. The van der Waals surface area contributed by atoms with Crippen LogP contribution in [0.5, 0.6) is 0 Å². The molecule has 0 bridgehead atoms. The van der Waals surface area contributed by atoms with E-state index in [1.807, 2.05) is 0 Å². The van der Waals surface area contributed by atoms with Gasteiger partial charge < -0.3 is 5.32 Å². The number of aryl methyl sites for hydroxylation is 1. The summed E-state index contributed by atoms with van der Waals surface area (Å²) in [5.41, 5.74) is 1.35. The summed E-state index contributed by atoms with van der Waals surface area (Å²) in [6, 6.07) is 2.06. The summed E-state index contributed by atoms with van der Waals surface area (Å²) in [6.45, 7) is 2.41. The van der Waals surface area contributed by atoms with E-state index in [-0.39, 0.29) is 5.91 Å². The fourth-order valence-electron chi connectivity index (χ4n) is 1.21. The molecule has 0 saturated carbocycles. The molecule has 0 unspecified atom stereocenters. The Labute approximate surface area is 88.5 Å². The number of aromatic amines is 1. The molecule has 0 fully saturated rings. The van der Waals surface area contributed by atoms with Gasteiger partial charge in [0.2, 0.25) is 0 Å². The fraction of sp³-hybridized carbons (Fsp3) is 0.500. The molecule has 80 valence electrons. The second-order valence-electron chi connectivity index (χ2n) is 3.28. The van der Waals surface area contributed by atoms with Crippen LogP contribution < -0.4 is 5.32 Å². The normalized spacial score (nSPS) is 9.60. The first-order chi connectivity index (χ1) is 7.25. The number of nitriles is 1. The minimum atomic E-state index is -0.113. The van der Waals surface area contributed by atoms with Crippen molar-refractivity contribution in [1.29, 1.82) is 5.26 Å². The van der Waals surface area contributed by atoms with E-state index in [0.29, 0.717) is 18.5 Å². The molecule has 0 saturated heterocycles. The third-order valence-corrected chi connectivity index (χ3v) is 2.08. The SMILES string of the molecule is Cc1[nH]ncc1C(=O)NCCCCC#N. The first-order valence-electron chi connectivity index (χ1n) is 4.91. The Morgan fingerprint density at radius 1 is 1.67 bits per heavy atom. The van der Waals surface area contributed by atoms with Crippen molar-refractivity contribution in [3.63, 3.8) is 0 Å². The van der Waals surface area contributed by atoms with Crippen molar-refractivity contribution in [1.82, 2.24) is 15.5 Å². The van der Waals surface area contributed by atoms with E-state index in [4.69, 9.17) is 5.26 Å². The maximum atomic E-state index is 11.5. The third kappa shape index (κ3) is 3.43. The molecule has 1 amide bonds. The molecular formula is C10H14N4O. The molecule has 0 aliphatic heterocycles. The van der Waals surface area contributed by atoms with Crippen molar-refractivity contribution >= 4 is 5.91 Å². The molecule has 1 heterocycles. The number of carbonyl (C=O) groups excluding carboxylic acids is 1. The van der Waals surface area contributed by atoms with Crippen LogP contribution in [0.1, 0.15) is 35.3 Å². The van der Waals surface area contributed by atoms with E-state index in [1.165, 1.54) is 6.20 Å². The number of carbonyl (C=O) groups is 1. The minimum Gasteiger partial charge on any atom is -0.352 e. The highest BCUT2D eigenvalue weighted by molar-refractivity contribution is 5.94. The first kappa shape index (κ1) is 11.2. The molecule has 5 heteroatoms. The molecule has 1 rings (SSSR count). The zero-order chi connectivity index (χ0) is 11.1. The molecule has 5 nitrogen and oxygen atoms in total.